The van der Waals surface area contributed by atoms with E-state index in [-0.39, 0.29) is 18.2 Å². The lowest BCUT2D eigenvalue weighted by Crippen LogP contribution is -2.22. The molecule has 0 spiro atoms. The number of rotatable bonds is 6. The Hall–Kier alpha value is -3.68. The van der Waals surface area contributed by atoms with Crippen molar-refractivity contribution in [3.8, 4) is 11.4 Å². The number of amides is 1. The van der Waals surface area contributed by atoms with Crippen molar-refractivity contribution in [3.05, 3.63) is 76.0 Å². The number of fused-ring (bicyclic) bond motifs is 1. The summed E-state index contributed by atoms with van der Waals surface area (Å²) in [6.45, 7) is -0.202. The molecule has 0 saturated heterocycles. The van der Waals surface area contributed by atoms with Crippen LogP contribution in [0, 0.1) is 10.1 Å². The summed E-state index contributed by atoms with van der Waals surface area (Å²) in [4.78, 5) is 22.7. The minimum Gasteiger partial charge on any atom is -0.484 e. The zero-order chi connectivity index (χ0) is 19.5. The summed E-state index contributed by atoms with van der Waals surface area (Å²) in [7, 11) is 0. The van der Waals surface area contributed by atoms with Crippen LogP contribution in [0.3, 0.4) is 0 Å². The van der Waals surface area contributed by atoms with Crippen LogP contribution in [0.5, 0.6) is 5.75 Å². The number of nitrogens with zero attached hydrogens (tertiary/aromatic N) is 3. The van der Waals surface area contributed by atoms with Crippen LogP contribution in [0.15, 0.2) is 54.6 Å². The molecule has 0 fully saturated rings. The second-order valence-electron chi connectivity index (χ2n) is 6.46. The summed E-state index contributed by atoms with van der Waals surface area (Å²) in [6.07, 6.45) is 2.80. The Kier molecular flexibility index (Phi) is 4.76. The smallest absolute Gasteiger partial charge is 0.269 e. The van der Waals surface area contributed by atoms with Gasteiger partial charge in [0, 0.05) is 17.7 Å². The number of benzene rings is 2. The zero-order valence-electron chi connectivity index (χ0n) is 15.0. The Balaban J connectivity index is 1.48. The number of hydrogen-bond acceptors (Lipinski definition) is 5. The predicted octanol–water partition coefficient (Wildman–Crippen LogP) is 3.29. The molecule has 0 bridgehead atoms. The van der Waals surface area contributed by atoms with Crippen LogP contribution in [0.4, 0.5) is 11.5 Å². The Bertz CT molecular complexity index is 1010. The fourth-order valence-electron chi connectivity index (χ4n) is 3.26. The number of non-ortho nitro benzene ring substituents is 1. The van der Waals surface area contributed by atoms with Gasteiger partial charge in [0.1, 0.15) is 11.6 Å². The molecule has 1 heterocycles. The van der Waals surface area contributed by atoms with Gasteiger partial charge in [0.05, 0.1) is 16.3 Å². The number of anilines is 1. The fourth-order valence-corrected chi connectivity index (χ4v) is 3.26. The molecule has 0 unspecified atom stereocenters. The van der Waals surface area contributed by atoms with E-state index in [0.717, 1.165) is 36.2 Å². The molecule has 8 nitrogen and oxygen atoms in total. The Morgan fingerprint density at radius 2 is 1.89 bits per heavy atom. The number of nitrogens with one attached hydrogen (secondary N) is 1. The second kappa shape index (κ2) is 7.51. The van der Waals surface area contributed by atoms with E-state index in [0.29, 0.717) is 11.6 Å². The van der Waals surface area contributed by atoms with E-state index in [9.17, 15) is 14.9 Å². The molecule has 142 valence electrons. The molecule has 1 N–H and O–H groups in total. The first-order chi connectivity index (χ1) is 13.6. The van der Waals surface area contributed by atoms with Crippen molar-refractivity contribution in [1.82, 2.24) is 9.78 Å². The summed E-state index contributed by atoms with van der Waals surface area (Å²) in [5, 5.41) is 18.3. The van der Waals surface area contributed by atoms with Crippen LogP contribution >= 0.6 is 0 Å². The first kappa shape index (κ1) is 17.7. The Morgan fingerprint density at radius 3 is 2.61 bits per heavy atom. The number of hydrogen-bond donors (Lipinski definition) is 1. The van der Waals surface area contributed by atoms with Crippen molar-refractivity contribution in [2.45, 2.75) is 19.3 Å². The largest absolute Gasteiger partial charge is 0.484 e. The zero-order valence-corrected chi connectivity index (χ0v) is 15.0. The van der Waals surface area contributed by atoms with Crippen LogP contribution in [0.2, 0.25) is 0 Å². The van der Waals surface area contributed by atoms with Crippen molar-refractivity contribution in [1.29, 1.82) is 0 Å². The highest BCUT2D eigenvalue weighted by Crippen LogP contribution is 2.30. The minimum absolute atomic E-state index is 0.0286. The van der Waals surface area contributed by atoms with E-state index in [2.05, 4.69) is 10.4 Å². The van der Waals surface area contributed by atoms with Crippen molar-refractivity contribution in [2.75, 3.05) is 11.9 Å². The minimum atomic E-state index is -0.484. The highest BCUT2D eigenvalue weighted by molar-refractivity contribution is 5.92. The molecule has 8 heteroatoms. The lowest BCUT2D eigenvalue weighted by Gasteiger charge is -2.11. The van der Waals surface area contributed by atoms with Crippen LogP contribution in [-0.4, -0.2) is 27.2 Å². The molecule has 0 atom stereocenters. The number of nitro groups is 1. The van der Waals surface area contributed by atoms with Gasteiger partial charge in [0.2, 0.25) is 0 Å². The molecule has 28 heavy (non-hydrogen) atoms. The van der Waals surface area contributed by atoms with Gasteiger partial charge in [-0.05, 0) is 43.5 Å². The molecule has 3 aromatic rings. The average molecular weight is 378 g/mol. The lowest BCUT2D eigenvalue weighted by molar-refractivity contribution is -0.384. The normalized spacial score (nSPS) is 12.4. The van der Waals surface area contributed by atoms with E-state index in [1.807, 2.05) is 30.3 Å². The van der Waals surface area contributed by atoms with Crippen LogP contribution in [-0.2, 0) is 17.6 Å². The maximum absolute atomic E-state index is 12.5. The monoisotopic (exact) mass is 378 g/mol. The summed E-state index contributed by atoms with van der Waals surface area (Å²) in [6, 6.07) is 15.3. The summed E-state index contributed by atoms with van der Waals surface area (Å²) in [5.74, 6) is 0.753. The van der Waals surface area contributed by atoms with E-state index in [1.54, 1.807) is 4.68 Å². The first-order valence-electron chi connectivity index (χ1n) is 8.95. The van der Waals surface area contributed by atoms with Gasteiger partial charge in [-0.1, -0.05) is 18.2 Å². The standard InChI is InChI=1S/C20H18N4O4/c25-19(13-28-16-11-9-15(10-12-16)24(26)27)21-20-17-7-4-8-18(17)22-23(20)14-5-2-1-3-6-14/h1-3,5-6,9-12H,4,7-8,13H2,(H,21,25). The van der Waals surface area contributed by atoms with Crippen LogP contribution in [0.25, 0.3) is 5.69 Å². The molecular formula is C20H18N4O4. The van der Waals surface area contributed by atoms with E-state index in [4.69, 9.17) is 4.74 Å². The Morgan fingerprint density at radius 1 is 1.14 bits per heavy atom. The van der Waals surface area contributed by atoms with Crippen LogP contribution in [0.1, 0.15) is 17.7 Å². The van der Waals surface area contributed by atoms with Crippen LogP contribution < -0.4 is 10.1 Å². The number of aromatic nitrogens is 2. The van der Waals surface area contributed by atoms with E-state index in [1.165, 1.54) is 24.3 Å². The molecule has 0 saturated carbocycles. The van der Waals surface area contributed by atoms with Gasteiger partial charge in [-0.2, -0.15) is 5.10 Å². The molecule has 1 amide bonds. The number of carbonyl (C=O) groups excluding carboxylic acids is 1. The molecule has 0 radical (unpaired) electrons. The highest BCUT2D eigenvalue weighted by Gasteiger charge is 2.24. The number of carbonyl (C=O) groups is 1. The predicted molar refractivity (Wildman–Crippen MR) is 103 cm³/mol. The maximum Gasteiger partial charge on any atom is 0.269 e. The number of nitro benzene ring substituents is 1. The summed E-state index contributed by atoms with van der Waals surface area (Å²) in [5.41, 5.74) is 2.92. The van der Waals surface area contributed by atoms with Gasteiger partial charge in [-0.25, -0.2) is 4.68 Å². The number of aryl methyl sites for hydroxylation is 1. The fraction of sp³-hybridized carbons (Fsp3) is 0.200. The lowest BCUT2D eigenvalue weighted by atomic mass is 10.2. The second-order valence-corrected chi connectivity index (χ2v) is 6.46. The molecule has 1 aliphatic carbocycles. The Labute approximate surface area is 160 Å². The summed E-state index contributed by atoms with van der Waals surface area (Å²) >= 11 is 0. The molecule has 1 aromatic heterocycles. The maximum atomic E-state index is 12.5. The van der Waals surface area contributed by atoms with Gasteiger partial charge >= 0.3 is 0 Å². The van der Waals surface area contributed by atoms with Crippen molar-refractivity contribution in [3.63, 3.8) is 0 Å². The van der Waals surface area contributed by atoms with Gasteiger partial charge in [-0.15, -0.1) is 0 Å². The van der Waals surface area contributed by atoms with Gasteiger partial charge < -0.3 is 10.1 Å². The number of ether oxygens (including phenoxy) is 1. The first-order valence-corrected chi connectivity index (χ1v) is 8.95. The van der Waals surface area contributed by atoms with E-state index < -0.39 is 4.92 Å². The molecule has 0 aliphatic heterocycles. The third-order valence-corrected chi connectivity index (χ3v) is 4.58. The average Bonchev–Trinajstić information content (AvgIpc) is 3.30. The molecule has 2 aromatic carbocycles. The van der Waals surface area contributed by atoms with Crippen molar-refractivity contribution >= 4 is 17.4 Å². The quantitative estimate of drug-likeness (QED) is 0.524. The third-order valence-electron chi connectivity index (χ3n) is 4.58. The summed E-state index contributed by atoms with van der Waals surface area (Å²) < 4.78 is 7.21. The molecular weight excluding hydrogens is 360 g/mol. The SMILES string of the molecule is O=C(COc1ccc([N+](=O)[O-])cc1)Nc1c2c(nn1-c1ccccc1)CCC2. The van der Waals surface area contributed by atoms with Gasteiger partial charge in [-0.3, -0.25) is 14.9 Å². The topological polar surface area (TPSA) is 99.3 Å². The van der Waals surface area contributed by atoms with Gasteiger partial charge in [0.15, 0.2) is 6.61 Å². The molecule has 4 rings (SSSR count). The van der Waals surface area contributed by atoms with E-state index >= 15 is 0 Å². The number of para-hydroxylation sites is 1. The van der Waals surface area contributed by atoms with Gasteiger partial charge in [0.25, 0.3) is 11.6 Å². The highest BCUT2D eigenvalue weighted by atomic mass is 16.6. The van der Waals surface area contributed by atoms with Crippen molar-refractivity contribution in [2.24, 2.45) is 0 Å². The third kappa shape index (κ3) is 3.57. The molecule has 1 aliphatic rings. The van der Waals surface area contributed by atoms with Crippen molar-refractivity contribution < 1.29 is 14.5 Å².